The zero-order valence-electron chi connectivity index (χ0n) is 17.5. The van der Waals surface area contributed by atoms with E-state index in [-0.39, 0.29) is 19.6 Å². The summed E-state index contributed by atoms with van der Waals surface area (Å²) in [5.41, 5.74) is 2.52. The van der Waals surface area contributed by atoms with E-state index in [0.717, 1.165) is 9.80 Å². The van der Waals surface area contributed by atoms with Crippen molar-refractivity contribution in [3.8, 4) is 5.75 Å². The fourth-order valence-electron chi connectivity index (χ4n) is 3.02. The van der Waals surface area contributed by atoms with Crippen molar-refractivity contribution < 1.29 is 49.1 Å². The molecule has 0 heterocycles. The van der Waals surface area contributed by atoms with Gasteiger partial charge in [0, 0.05) is 12.6 Å². The first kappa shape index (κ1) is 27.3. The molecule has 1 rings (SSSR count). The molecule has 0 aromatic heterocycles. The summed E-state index contributed by atoms with van der Waals surface area (Å²) in [5, 5.41) is 36.6. The predicted octanol–water partition coefficient (Wildman–Crippen LogP) is -2.09. The molecule has 0 saturated carbocycles. The van der Waals surface area contributed by atoms with Crippen LogP contribution in [0.2, 0.25) is 0 Å². The molecule has 14 heteroatoms. The first-order valence-corrected chi connectivity index (χ1v) is 9.55. The highest BCUT2D eigenvalue weighted by Gasteiger charge is 2.27. The van der Waals surface area contributed by atoms with E-state index >= 15 is 0 Å². The molecule has 0 radical (unpaired) electrons. The molecule has 0 aliphatic carbocycles. The molecule has 0 saturated heterocycles. The first-order chi connectivity index (χ1) is 15.5. The van der Waals surface area contributed by atoms with Crippen LogP contribution >= 0.6 is 0 Å². The van der Waals surface area contributed by atoms with Crippen LogP contribution in [0.1, 0.15) is 5.56 Å². The second-order valence-corrected chi connectivity index (χ2v) is 7.01. The summed E-state index contributed by atoms with van der Waals surface area (Å²) >= 11 is 0. The van der Waals surface area contributed by atoms with E-state index in [9.17, 15) is 34.2 Å². The molecule has 1 unspecified atom stereocenters. The van der Waals surface area contributed by atoms with Crippen LogP contribution in [0.4, 0.5) is 0 Å². The standard InChI is InChI=1S/C19H26N4O10/c20-21-15(24)11-33-14-3-1-12(2-4-14)5-13(23(9-18(29)30)10-19(31)32)6-22(7-16(25)26)8-17(27)28/h1-4,13H,5-11,20H2,(H,21,24)(H,25,26)(H,27,28)(H,29,30)(H,31,32). The highest BCUT2D eigenvalue weighted by atomic mass is 16.5. The molecule has 0 aliphatic heterocycles. The van der Waals surface area contributed by atoms with E-state index in [0.29, 0.717) is 11.3 Å². The number of nitrogens with two attached hydrogens (primary N) is 1. The van der Waals surface area contributed by atoms with E-state index in [1.54, 1.807) is 12.1 Å². The third-order valence-corrected chi connectivity index (χ3v) is 4.31. The topological polar surface area (TPSA) is 220 Å². The zero-order valence-corrected chi connectivity index (χ0v) is 17.5. The van der Waals surface area contributed by atoms with Crippen LogP contribution in [-0.4, -0.2) is 105 Å². The lowest BCUT2D eigenvalue weighted by Crippen LogP contribution is -2.50. The number of carbonyl (C=O) groups excluding carboxylic acids is 1. The van der Waals surface area contributed by atoms with E-state index < -0.39 is 62.0 Å². The Balaban J connectivity index is 3.12. The Morgan fingerprint density at radius 2 is 1.33 bits per heavy atom. The van der Waals surface area contributed by atoms with Crippen molar-refractivity contribution in [1.82, 2.24) is 15.2 Å². The highest BCUT2D eigenvalue weighted by molar-refractivity contribution is 5.76. The van der Waals surface area contributed by atoms with Crippen LogP contribution in [0, 0.1) is 0 Å². The van der Waals surface area contributed by atoms with Gasteiger partial charge in [-0.05, 0) is 24.1 Å². The molecule has 0 spiro atoms. The number of carboxylic acids is 4. The second-order valence-electron chi connectivity index (χ2n) is 7.01. The number of nitrogens with one attached hydrogen (secondary N) is 1. The molecule has 0 fully saturated rings. The SMILES string of the molecule is NNC(=O)COc1ccc(CC(CN(CC(=O)O)CC(=O)O)N(CC(=O)O)CC(=O)O)cc1. The molecule has 182 valence electrons. The number of hydrogen-bond acceptors (Lipinski definition) is 9. The number of rotatable bonds is 16. The van der Waals surface area contributed by atoms with E-state index in [1.165, 1.54) is 12.1 Å². The number of amides is 1. The van der Waals surface area contributed by atoms with Crippen LogP contribution in [-0.2, 0) is 30.4 Å². The number of aliphatic carboxylic acids is 4. The van der Waals surface area contributed by atoms with Gasteiger partial charge in [0.25, 0.3) is 5.91 Å². The number of carbonyl (C=O) groups is 5. The number of hydrazine groups is 1. The minimum atomic E-state index is -1.30. The predicted molar refractivity (Wildman–Crippen MR) is 110 cm³/mol. The summed E-state index contributed by atoms with van der Waals surface area (Å²) < 4.78 is 5.23. The number of hydrogen-bond donors (Lipinski definition) is 6. The Morgan fingerprint density at radius 1 is 0.848 bits per heavy atom. The molecule has 14 nitrogen and oxygen atoms in total. The molecule has 1 amide bonds. The Hall–Kier alpha value is -3.75. The maximum Gasteiger partial charge on any atom is 0.317 e. The molecular formula is C19H26N4O10. The van der Waals surface area contributed by atoms with Crippen LogP contribution in [0.15, 0.2) is 24.3 Å². The van der Waals surface area contributed by atoms with Gasteiger partial charge < -0.3 is 25.2 Å². The van der Waals surface area contributed by atoms with Crippen LogP contribution < -0.4 is 16.0 Å². The zero-order chi connectivity index (χ0) is 25.0. The van der Waals surface area contributed by atoms with Gasteiger partial charge in [-0.3, -0.25) is 39.2 Å². The van der Waals surface area contributed by atoms with Crippen molar-refractivity contribution in [2.24, 2.45) is 5.84 Å². The van der Waals surface area contributed by atoms with E-state index in [4.69, 9.17) is 20.8 Å². The van der Waals surface area contributed by atoms with Gasteiger partial charge in [-0.1, -0.05) is 12.1 Å². The van der Waals surface area contributed by atoms with E-state index in [1.807, 2.05) is 5.43 Å². The van der Waals surface area contributed by atoms with Crippen LogP contribution in [0.3, 0.4) is 0 Å². The maximum absolute atomic E-state index is 11.3. The number of nitrogens with zero attached hydrogens (tertiary/aromatic N) is 2. The minimum absolute atomic E-state index is 0.0832. The summed E-state index contributed by atoms with van der Waals surface area (Å²) in [5.74, 6) is -0.423. The first-order valence-electron chi connectivity index (χ1n) is 9.55. The number of carboxylic acid groups (broad SMARTS) is 4. The summed E-state index contributed by atoms with van der Waals surface area (Å²) in [6.07, 6.45) is 0.0832. The average Bonchev–Trinajstić information content (AvgIpc) is 2.70. The molecule has 1 aromatic rings. The highest BCUT2D eigenvalue weighted by Crippen LogP contribution is 2.16. The van der Waals surface area contributed by atoms with Gasteiger partial charge in [0.15, 0.2) is 6.61 Å². The van der Waals surface area contributed by atoms with Crippen LogP contribution in [0.5, 0.6) is 5.75 Å². The normalized spacial score (nSPS) is 11.7. The molecular weight excluding hydrogens is 444 g/mol. The monoisotopic (exact) mass is 470 g/mol. The summed E-state index contributed by atoms with van der Waals surface area (Å²) in [6.45, 7) is -3.10. The van der Waals surface area contributed by atoms with E-state index in [2.05, 4.69) is 0 Å². The van der Waals surface area contributed by atoms with Crippen LogP contribution in [0.25, 0.3) is 0 Å². The Morgan fingerprint density at radius 3 is 1.76 bits per heavy atom. The molecule has 0 aliphatic rings. The van der Waals surface area contributed by atoms with Gasteiger partial charge in [-0.2, -0.15) is 0 Å². The van der Waals surface area contributed by atoms with Gasteiger partial charge in [-0.15, -0.1) is 0 Å². The lowest BCUT2D eigenvalue weighted by Gasteiger charge is -2.33. The molecule has 1 aromatic carbocycles. The van der Waals surface area contributed by atoms with Crippen molar-refractivity contribution in [2.45, 2.75) is 12.5 Å². The third-order valence-electron chi connectivity index (χ3n) is 4.31. The van der Waals surface area contributed by atoms with Crippen molar-refractivity contribution >= 4 is 29.8 Å². The fraction of sp³-hybridized carbons (Fsp3) is 0.421. The Kier molecular flexibility index (Phi) is 11.3. The lowest BCUT2D eigenvalue weighted by atomic mass is 10.0. The van der Waals surface area contributed by atoms with Crippen molar-refractivity contribution in [3.05, 3.63) is 29.8 Å². The molecule has 1 atom stereocenters. The second kappa shape index (κ2) is 13.6. The van der Waals surface area contributed by atoms with Crippen molar-refractivity contribution in [2.75, 3.05) is 39.3 Å². The quantitative estimate of drug-likeness (QED) is 0.0867. The molecule has 7 N–H and O–H groups in total. The lowest BCUT2D eigenvalue weighted by molar-refractivity contribution is -0.146. The molecule has 0 bridgehead atoms. The van der Waals surface area contributed by atoms with Gasteiger partial charge >= 0.3 is 23.9 Å². The summed E-state index contributed by atoms with van der Waals surface area (Å²) in [4.78, 5) is 58.2. The van der Waals surface area contributed by atoms with Gasteiger partial charge in [-0.25, -0.2) is 5.84 Å². The Labute approximate surface area is 188 Å². The smallest absolute Gasteiger partial charge is 0.317 e. The van der Waals surface area contributed by atoms with Crippen molar-refractivity contribution in [3.63, 3.8) is 0 Å². The largest absolute Gasteiger partial charge is 0.484 e. The third kappa shape index (κ3) is 11.4. The summed E-state index contributed by atoms with van der Waals surface area (Å²) in [7, 11) is 0. The average molecular weight is 470 g/mol. The van der Waals surface area contributed by atoms with Gasteiger partial charge in [0.1, 0.15) is 5.75 Å². The molecule has 33 heavy (non-hydrogen) atoms. The number of benzene rings is 1. The Bertz CT molecular complexity index is 813. The van der Waals surface area contributed by atoms with Crippen molar-refractivity contribution in [1.29, 1.82) is 0 Å². The minimum Gasteiger partial charge on any atom is -0.484 e. The van der Waals surface area contributed by atoms with Gasteiger partial charge in [0.2, 0.25) is 0 Å². The fourth-order valence-corrected chi connectivity index (χ4v) is 3.02. The summed E-state index contributed by atoms with van der Waals surface area (Å²) in [6, 6.07) is 5.41. The number of ether oxygens (including phenoxy) is 1. The maximum atomic E-state index is 11.3. The van der Waals surface area contributed by atoms with Gasteiger partial charge in [0.05, 0.1) is 26.2 Å².